The van der Waals surface area contributed by atoms with Crippen molar-refractivity contribution in [2.24, 2.45) is 0 Å². The van der Waals surface area contributed by atoms with Crippen LogP contribution in [0.15, 0.2) is 73.2 Å². The lowest BCUT2D eigenvalue weighted by Gasteiger charge is -2.27. The van der Waals surface area contributed by atoms with Crippen LogP contribution in [0, 0.1) is 0 Å². The lowest BCUT2D eigenvalue weighted by molar-refractivity contribution is -0.0317. The molecule has 0 fully saturated rings. The third-order valence-electron chi connectivity index (χ3n) is 5.09. The summed E-state index contributed by atoms with van der Waals surface area (Å²) < 4.78 is 23.0. The van der Waals surface area contributed by atoms with E-state index in [4.69, 9.17) is 18.9 Å². The zero-order valence-corrected chi connectivity index (χ0v) is 19.6. The molecule has 2 rings (SSSR count). The molecule has 2 unspecified atom stereocenters. The van der Waals surface area contributed by atoms with E-state index >= 15 is 0 Å². The molecule has 0 bridgehead atoms. The molecule has 0 amide bonds. The number of allylic oxidation sites excluding steroid dienone is 2. The van der Waals surface area contributed by atoms with Crippen LogP contribution in [-0.2, 0) is 14.9 Å². The van der Waals surface area contributed by atoms with Crippen molar-refractivity contribution in [2.75, 3.05) is 0 Å². The molecule has 31 heavy (non-hydrogen) atoms. The molecule has 168 valence electrons. The van der Waals surface area contributed by atoms with E-state index in [1.54, 1.807) is 12.5 Å². The van der Waals surface area contributed by atoms with Crippen LogP contribution in [0.1, 0.15) is 65.5 Å². The Bertz CT molecular complexity index is 750. The van der Waals surface area contributed by atoms with E-state index in [0.717, 1.165) is 24.3 Å². The third-order valence-corrected chi connectivity index (χ3v) is 5.09. The standard InChI is InChI=1S/C27H36O4/c1-7-19-28-25(9-3)30-23-15-11-21(12-16-23)27(5,6)22-13-17-24(18-14-22)31-26(10-4)29-20-8-2/h7-8,11-20,25-26H,9-10H2,1-6H3. The third kappa shape index (κ3) is 7.09. The van der Waals surface area contributed by atoms with Gasteiger partial charge in [-0.25, -0.2) is 0 Å². The topological polar surface area (TPSA) is 36.9 Å². The van der Waals surface area contributed by atoms with Gasteiger partial charge in [-0.1, -0.05) is 64.1 Å². The second-order valence-corrected chi connectivity index (χ2v) is 7.80. The molecule has 0 radical (unpaired) electrons. The summed E-state index contributed by atoms with van der Waals surface area (Å²) in [5, 5.41) is 0. The lowest BCUT2D eigenvalue weighted by atomic mass is 9.78. The van der Waals surface area contributed by atoms with Crippen LogP contribution in [0.4, 0.5) is 0 Å². The van der Waals surface area contributed by atoms with Crippen molar-refractivity contribution < 1.29 is 18.9 Å². The van der Waals surface area contributed by atoms with Gasteiger partial charge in [0.05, 0.1) is 12.5 Å². The first-order valence-corrected chi connectivity index (χ1v) is 11.0. The largest absolute Gasteiger partial charge is 0.463 e. The number of benzene rings is 2. The smallest absolute Gasteiger partial charge is 0.239 e. The number of rotatable bonds is 12. The van der Waals surface area contributed by atoms with Gasteiger partial charge in [0.25, 0.3) is 0 Å². The molecule has 0 saturated carbocycles. The van der Waals surface area contributed by atoms with Crippen molar-refractivity contribution in [1.82, 2.24) is 0 Å². The summed E-state index contributed by atoms with van der Waals surface area (Å²) in [5.41, 5.74) is 2.26. The molecule has 0 aliphatic rings. The lowest BCUT2D eigenvalue weighted by Crippen LogP contribution is -2.20. The molecular formula is C27H36O4. The van der Waals surface area contributed by atoms with Gasteiger partial charge in [0.1, 0.15) is 11.5 Å². The van der Waals surface area contributed by atoms with Gasteiger partial charge in [-0.15, -0.1) is 0 Å². The van der Waals surface area contributed by atoms with Gasteiger partial charge in [-0.05, 0) is 49.2 Å². The summed E-state index contributed by atoms with van der Waals surface area (Å²) >= 11 is 0. The Morgan fingerprint density at radius 2 is 1.03 bits per heavy atom. The Balaban J connectivity index is 2.08. The van der Waals surface area contributed by atoms with Crippen LogP contribution < -0.4 is 9.47 Å². The summed E-state index contributed by atoms with van der Waals surface area (Å²) in [6.45, 7) is 12.3. The number of ether oxygens (including phenoxy) is 4. The zero-order valence-electron chi connectivity index (χ0n) is 19.6. The number of hydrogen-bond acceptors (Lipinski definition) is 4. The Morgan fingerprint density at radius 3 is 1.32 bits per heavy atom. The van der Waals surface area contributed by atoms with E-state index in [1.165, 1.54) is 11.1 Å². The second kappa shape index (κ2) is 12.1. The van der Waals surface area contributed by atoms with Crippen LogP contribution in [-0.4, -0.2) is 12.6 Å². The molecule has 0 aromatic heterocycles. The SMILES string of the molecule is CC=COC(CC)Oc1ccc(C(C)(C)c2ccc(OC(CC)OC=CC)cc2)cc1. The van der Waals surface area contributed by atoms with Crippen molar-refractivity contribution in [1.29, 1.82) is 0 Å². The van der Waals surface area contributed by atoms with Crippen molar-refractivity contribution in [3.8, 4) is 11.5 Å². The van der Waals surface area contributed by atoms with Gasteiger partial charge in [-0.3, -0.25) is 0 Å². The van der Waals surface area contributed by atoms with E-state index in [1.807, 2.05) is 64.1 Å². The van der Waals surface area contributed by atoms with E-state index in [-0.39, 0.29) is 18.0 Å². The zero-order chi connectivity index (χ0) is 22.7. The monoisotopic (exact) mass is 424 g/mol. The van der Waals surface area contributed by atoms with Crippen LogP contribution in [0.25, 0.3) is 0 Å². The Labute approximate surface area is 187 Å². The maximum absolute atomic E-state index is 5.92. The molecule has 2 aromatic carbocycles. The normalized spacial score (nSPS) is 13.9. The highest BCUT2D eigenvalue weighted by atomic mass is 16.7. The van der Waals surface area contributed by atoms with Crippen LogP contribution in [0.2, 0.25) is 0 Å². The molecule has 0 aliphatic carbocycles. The van der Waals surface area contributed by atoms with Gasteiger partial charge in [0, 0.05) is 18.3 Å². The molecule has 0 N–H and O–H groups in total. The highest BCUT2D eigenvalue weighted by molar-refractivity contribution is 5.41. The van der Waals surface area contributed by atoms with E-state index < -0.39 is 0 Å². The van der Waals surface area contributed by atoms with Crippen LogP contribution in [0.5, 0.6) is 11.5 Å². The van der Waals surface area contributed by atoms with E-state index in [9.17, 15) is 0 Å². The first-order chi connectivity index (χ1) is 14.9. The fourth-order valence-corrected chi connectivity index (χ4v) is 3.12. The summed E-state index contributed by atoms with van der Waals surface area (Å²) in [4.78, 5) is 0. The number of hydrogen-bond donors (Lipinski definition) is 0. The molecule has 4 heteroatoms. The molecule has 2 aromatic rings. The first-order valence-electron chi connectivity index (χ1n) is 11.0. The highest BCUT2D eigenvalue weighted by Gasteiger charge is 2.23. The van der Waals surface area contributed by atoms with Crippen molar-refractivity contribution in [3.63, 3.8) is 0 Å². The summed E-state index contributed by atoms with van der Waals surface area (Å²) in [6, 6.07) is 16.4. The molecule has 2 atom stereocenters. The van der Waals surface area contributed by atoms with Gasteiger partial charge in [0.2, 0.25) is 12.6 Å². The second-order valence-electron chi connectivity index (χ2n) is 7.80. The van der Waals surface area contributed by atoms with Gasteiger partial charge < -0.3 is 18.9 Å². The van der Waals surface area contributed by atoms with Gasteiger partial charge in [-0.2, -0.15) is 0 Å². The summed E-state index contributed by atoms with van der Waals surface area (Å²) in [7, 11) is 0. The Hall–Kier alpha value is -2.88. The summed E-state index contributed by atoms with van der Waals surface area (Å²) in [6.07, 6.45) is 7.99. The highest BCUT2D eigenvalue weighted by Crippen LogP contribution is 2.33. The van der Waals surface area contributed by atoms with E-state index in [2.05, 4.69) is 38.1 Å². The predicted molar refractivity (Wildman–Crippen MR) is 126 cm³/mol. The minimum atomic E-state index is -0.286. The fourth-order valence-electron chi connectivity index (χ4n) is 3.12. The van der Waals surface area contributed by atoms with Gasteiger partial charge in [0.15, 0.2) is 0 Å². The average molecular weight is 425 g/mol. The van der Waals surface area contributed by atoms with Crippen LogP contribution >= 0.6 is 0 Å². The molecule has 0 saturated heterocycles. The van der Waals surface area contributed by atoms with Crippen molar-refractivity contribution in [2.45, 2.75) is 72.4 Å². The predicted octanol–water partition coefficient (Wildman–Crippen LogP) is 7.34. The molecule has 0 aliphatic heterocycles. The first kappa shape index (κ1) is 24.4. The minimum Gasteiger partial charge on any atom is -0.463 e. The maximum atomic E-state index is 5.92. The summed E-state index contributed by atoms with van der Waals surface area (Å²) in [5.74, 6) is 1.60. The quantitative estimate of drug-likeness (QED) is 0.264. The molecular weight excluding hydrogens is 388 g/mol. The van der Waals surface area contributed by atoms with Crippen LogP contribution in [0.3, 0.4) is 0 Å². The Kier molecular flexibility index (Phi) is 9.51. The van der Waals surface area contributed by atoms with Gasteiger partial charge >= 0.3 is 0 Å². The average Bonchev–Trinajstić information content (AvgIpc) is 2.80. The van der Waals surface area contributed by atoms with Crippen molar-refractivity contribution >= 4 is 0 Å². The maximum Gasteiger partial charge on any atom is 0.239 e. The molecule has 0 heterocycles. The molecule has 4 nitrogen and oxygen atoms in total. The fraction of sp³-hybridized carbons (Fsp3) is 0.407. The van der Waals surface area contributed by atoms with E-state index in [0.29, 0.717) is 0 Å². The molecule has 0 spiro atoms. The minimum absolute atomic E-state index is 0.158. The van der Waals surface area contributed by atoms with Crippen molar-refractivity contribution in [3.05, 3.63) is 84.3 Å². The Morgan fingerprint density at radius 1 is 0.677 bits per heavy atom.